The zero-order chi connectivity index (χ0) is 18.1. The summed E-state index contributed by atoms with van der Waals surface area (Å²) >= 11 is 5.49. The van der Waals surface area contributed by atoms with Crippen molar-refractivity contribution in [1.82, 2.24) is 0 Å². The van der Waals surface area contributed by atoms with Crippen LogP contribution in [0, 0.1) is 0 Å². The van der Waals surface area contributed by atoms with Gasteiger partial charge in [0.1, 0.15) is 11.9 Å². The Hall–Kier alpha value is -1.93. The highest BCUT2D eigenvalue weighted by Gasteiger charge is 2.34. The van der Waals surface area contributed by atoms with E-state index >= 15 is 0 Å². The van der Waals surface area contributed by atoms with Gasteiger partial charge < -0.3 is 9.84 Å². The van der Waals surface area contributed by atoms with Gasteiger partial charge in [0.15, 0.2) is 0 Å². The molecule has 0 fully saturated rings. The summed E-state index contributed by atoms with van der Waals surface area (Å²) in [4.78, 5) is 0. The summed E-state index contributed by atoms with van der Waals surface area (Å²) in [5.41, 5.74) is -1.12. The first-order valence-corrected chi connectivity index (χ1v) is 6.75. The van der Waals surface area contributed by atoms with E-state index in [0.29, 0.717) is 6.07 Å². The molecule has 0 aliphatic carbocycles. The Morgan fingerprint density at radius 2 is 1.42 bits per heavy atom. The Morgan fingerprint density at radius 3 is 1.92 bits per heavy atom. The molecule has 2 nitrogen and oxygen atoms in total. The topological polar surface area (TPSA) is 29.5 Å². The lowest BCUT2D eigenvalue weighted by atomic mass is 9.99. The highest BCUT2D eigenvalue weighted by atomic mass is 35.5. The van der Waals surface area contributed by atoms with E-state index in [-0.39, 0.29) is 11.1 Å². The van der Waals surface area contributed by atoms with E-state index in [1.807, 2.05) is 0 Å². The SMILES string of the molecule is OC(c1ccc(OC(F)(F)F)cc1)c1ccc(Cl)c(C(F)(F)F)c1. The van der Waals surface area contributed by atoms with Crippen LogP contribution in [0.4, 0.5) is 26.3 Å². The van der Waals surface area contributed by atoms with Gasteiger partial charge in [-0.15, -0.1) is 13.2 Å². The molecule has 2 aromatic rings. The third-order valence-electron chi connectivity index (χ3n) is 3.04. The number of aliphatic hydroxyl groups is 1. The van der Waals surface area contributed by atoms with Crippen molar-refractivity contribution >= 4 is 11.6 Å². The number of benzene rings is 2. The van der Waals surface area contributed by atoms with Crippen LogP contribution in [-0.2, 0) is 6.18 Å². The first-order chi connectivity index (χ1) is 11.0. The summed E-state index contributed by atoms with van der Waals surface area (Å²) in [6, 6.07) is 7.01. The monoisotopic (exact) mass is 370 g/mol. The maximum absolute atomic E-state index is 12.8. The van der Waals surface area contributed by atoms with Crippen LogP contribution in [0.25, 0.3) is 0 Å². The Kier molecular flexibility index (Phi) is 5.00. The van der Waals surface area contributed by atoms with E-state index in [4.69, 9.17) is 11.6 Å². The zero-order valence-corrected chi connectivity index (χ0v) is 12.4. The Labute approximate surface area is 137 Å². The van der Waals surface area contributed by atoms with Crippen molar-refractivity contribution < 1.29 is 36.2 Å². The summed E-state index contributed by atoms with van der Waals surface area (Å²) in [7, 11) is 0. The molecule has 9 heteroatoms. The quantitative estimate of drug-likeness (QED) is 0.739. The molecule has 0 amide bonds. The first-order valence-electron chi connectivity index (χ1n) is 6.38. The molecule has 2 rings (SSSR count). The van der Waals surface area contributed by atoms with E-state index in [1.54, 1.807) is 0 Å². The molecule has 0 heterocycles. The predicted octanol–water partition coefficient (Wildman–Crippen LogP) is 5.34. The van der Waals surface area contributed by atoms with Crippen LogP contribution in [-0.4, -0.2) is 11.5 Å². The normalized spacial score (nSPS) is 13.7. The summed E-state index contributed by atoms with van der Waals surface area (Å²) in [6.07, 6.45) is -11.0. The van der Waals surface area contributed by atoms with Gasteiger partial charge in [-0.05, 0) is 35.4 Å². The van der Waals surface area contributed by atoms with Crippen molar-refractivity contribution in [1.29, 1.82) is 0 Å². The van der Waals surface area contributed by atoms with Crippen LogP contribution < -0.4 is 4.74 Å². The summed E-state index contributed by atoms with van der Waals surface area (Å²) in [5.74, 6) is -0.509. The van der Waals surface area contributed by atoms with Crippen molar-refractivity contribution in [3.63, 3.8) is 0 Å². The van der Waals surface area contributed by atoms with Crippen LogP contribution in [0.5, 0.6) is 5.75 Å². The van der Waals surface area contributed by atoms with Gasteiger partial charge in [0, 0.05) is 0 Å². The highest BCUT2D eigenvalue weighted by molar-refractivity contribution is 6.31. The minimum atomic E-state index is -4.86. The lowest BCUT2D eigenvalue weighted by Crippen LogP contribution is -2.17. The number of aliphatic hydroxyl groups excluding tert-OH is 1. The van der Waals surface area contributed by atoms with Gasteiger partial charge in [-0.25, -0.2) is 0 Å². The van der Waals surface area contributed by atoms with Crippen LogP contribution in [0.2, 0.25) is 5.02 Å². The molecule has 24 heavy (non-hydrogen) atoms. The molecule has 0 saturated carbocycles. The van der Waals surface area contributed by atoms with Gasteiger partial charge >= 0.3 is 12.5 Å². The highest BCUT2D eigenvalue weighted by Crippen LogP contribution is 2.37. The van der Waals surface area contributed by atoms with Gasteiger partial charge in [-0.1, -0.05) is 29.8 Å². The fourth-order valence-corrected chi connectivity index (χ4v) is 2.20. The minimum absolute atomic E-state index is 0.0972. The molecular formula is C15H9ClF6O2. The van der Waals surface area contributed by atoms with E-state index in [0.717, 1.165) is 30.3 Å². The average Bonchev–Trinajstić information content (AvgIpc) is 2.45. The maximum Gasteiger partial charge on any atom is 0.573 e. The Morgan fingerprint density at radius 1 is 0.875 bits per heavy atom. The van der Waals surface area contributed by atoms with Crippen molar-refractivity contribution in [3.8, 4) is 5.75 Å². The number of rotatable bonds is 3. The largest absolute Gasteiger partial charge is 0.573 e. The smallest absolute Gasteiger partial charge is 0.406 e. The lowest BCUT2D eigenvalue weighted by molar-refractivity contribution is -0.274. The van der Waals surface area contributed by atoms with E-state index < -0.39 is 35.0 Å². The molecule has 1 unspecified atom stereocenters. The summed E-state index contributed by atoms with van der Waals surface area (Å²) < 4.78 is 78.3. The molecule has 2 aromatic carbocycles. The van der Waals surface area contributed by atoms with Crippen LogP contribution in [0.15, 0.2) is 42.5 Å². The second kappa shape index (κ2) is 6.52. The van der Waals surface area contributed by atoms with Crippen LogP contribution >= 0.6 is 11.6 Å². The summed E-state index contributed by atoms with van der Waals surface area (Å²) in [6.45, 7) is 0. The molecule has 1 N–H and O–H groups in total. The van der Waals surface area contributed by atoms with Gasteiger partial charge in [0.2, 0.25) is 0 Å². The van der Waals surface area contributed by atoms with Gasteiger partial charge in [0.05, 0.1) is 10.6 Å². The maximum atomic E-state index is 12.8. The van der Waals surface area contributed by atoms with Crippen LogP contribution in [0.1, 0.15) is 22.8 Å². The number of alkyl halides is 6. The molecule has 0 radical (unpaired) electrons. The molecule has 0 saturated heterocycles. The van der Waals surface area contributed by atoms with Gasteiger partial charge in [0.25, 0.3) is 0 Å². The predicted molar refractivity (Wildman–Crippen MR) is 73.6 cm³/mol. The molecule has 130 valence electrons. The first kappa shape index (κ1) is 18.4. The van der Waals surface area contributed by atoms with Crippen molar-refractivity contribution in [2.45, 2.75) is 18.6 Å². The third kappa shape index (κ3) is 4.55. The Balaban J connectivity index is 2.27. The molecular weight excluding hydrogens is 362 g/mol. The standard InChI is InChI=1S/C15H9ClF6O2/c16-12-6-3-9(7-11(12)14(17,18)19)13(23)8-1-4-10(5-2-8)24-15(20,21)22/h1-7,13,23H. The second-order valence-corrected chi connectivity index (χ2v) is 5.16. The number of hydrogen-bond donors (Lipinski definition) is 1. The van der Waals surface area contributed by atoms with Crippen LogP contribution in [0.3, 0.4) is 0 Å². The number of halogens is 7. The van der Waals surface area contributed by atoms with E-state index in [1.165, 1.54) is 6.07 Å². The molecule has 0 bridgehead atoms. The van der Waals surface area contributed by atoms with E-state index in [9.17, 15) is 31.4 Å². The molecule has 0 spiro atoms. The van der Waals surface area contributed by atoms with E-state index in [2.05, 4.69) is 4.74 Å². The average molecular weight is 371 g/mol. The molecule has 0 aliphatic rings. The fourth-order valence-electron chi connectivity index (χ4n) is 1.97. The zero-order valence-electron chi connectivity index (χ0n) is 11.6. The second-order valence-electron chi connectivity index (χ2n) is 4.76. The minimum Gasteiger partial charge on any atom is -0.406 e. The van der Waals surface area contributed by atoms with Crippen molar-refractivity contribution in [2.75, 3.05) is 0 Å². The molecule has 0 aliphatic heterocycles. The lowest BCUT2D eigenvalue weighted by Gasteiger charge is -2.16. The third-order valence-corrected chi connectivity index (χ3v) is 3.37. The number of ether oxygens (including phenoxy) is 1. The van der Waals surface area contributed by atoms with Crippen molar-refractivity contribution in [2.24, 2.45) is 0 Å². The van der Waals surface area contributed by atoms with Gasteiger partial charge in [-0.3, -0.25) is 0 Å². The number of hydrogen-bond acceptors (Lipinski definition) is 2. The molecule has 1 atom stereocenters. The summed E-state index contributed by atoms with van der Waals surface area (Å²) in [5, 5.41) is 9.60. The Bertz CT molecular complexity index is 709. The van der Waals surface area contributed by atoms with Gasteiger partial charge in [-0.2, -0.15) is 13.2 Å². The fraction of sp³-hybridized carbons (Fsp3) is 0.200. The van der Waals surface area contributed by atoms with Crippen molar-refractivity contribution in [3.05, 3.63) is 64.2 Å². The molecule has 0 aromatic heterocycles.